The van der Waals surface area contributed by atoms with Crippen LogP contribution in [0.4, 0.5) is 0 Å². The molecule has 0 aliphatic heterocycles. The van der Waals surface area contributed by atoms with Crippen molar-refractivity contribution in [3.05, 3.63) is 11.6 Å². The number of carbonyl (C=O) groups excluding carboxylic acids is 2. The zero-order chi connectivity index (χ0) is 28.8. The number of rotatable bonds is 4. The molecular formula is C34H53NO4. The van der Waals surface area contributed by atoms with Crippen LogP contribution >= 0.6 is 0 Å². The van der Waals surface area contributed by atoms with E-state index >= 15 is 0 Å². The zero-order valence-corrected chi connectivity index (χ0v) is 25.8. The number of ketones is 1. The van der Waals surface area contributed by atoms with Crippen molar-refractivity contribution in [2.24, 2.45) is 56.2 Å². The number of allylic oxidation sites excluding steroid dienone is 2. The third-order valence-corrected chi connectivity index (χ3v) is 13.7. The SMILES string of the molecule is CCCNC(=O)C1C[C@@]2(C)C(CC[C@]3(C)C2CC=C2C4CC(C)(C)CC[C@]4(C(=O)O)CC[C@]23C)C(C)(C)C1=O. The molecule has 4 unspecified atom stereocenters. The molecule has 0 bridgehead atoms. The molecule has 5 nitrogen and oxygen atoms in total. The van der Waals surface area contributed by atoms with Crippen molar-refractivity contribution in [2.45, 2.75) is 120 Å². The van der Waals surface area contributed by atoms with Crippen LogP contribution in [0.5, 0.6) is 0 Å². The minimum atomic E-state index is -0.632. The Balaban J connectivity index is 1.58. The summed E-state index contributed by atoms with van der Waals surface area (Å²) in [4.78, 5) is 40.0. The molecule has 0 aromatic rings. The number of hydrogen-bond acceptors (Lipinski definition) is 3. The number of carbonyl (C=O) groups is 3. The Morgan fingerprint density at radius 2 is 1.62 bits per heavy atom. The van der Waals surface area contributed by atoms with Gasteiger partial charge in [0.25, 0.3) is 0 Å². The maximum Gasteiger partial charge on any atom is 0.310 e. The molecule has 5 heteroatoms. The summed E-state index contributed by atoms with van der Waals surface area (Å²) < 4.78 is 0. The van der Waals surface area contributed by atoms with Gasteiger partial charge in [0.1, 0.15) is 0 Å². The van der Waals surface area contributed by atoms with Crippen molar-refractivity contribution in [1.82, 2.24) is 5.32 Å². The van der Waals surface area contributed by atoms with E-state index in [1.165, 1.54) is 5.57 Å². The molecule has 5 aliphatic rings. The lowest BCUT2D eigenvalue weighted by atomic mass is 9.33. The second-order valence-corrected chi connectivity index (χ2v) is 16.3. The van der Waals surface area contributed by atoms with Gasteiger partial charge in [-0.1, -0.05) is 67.0 Å². The average Bonchev–Trinajstić information content (AvgIpc) is 2.84. The monoisotopic (exact) mass is 539 g/mol. The van der Waals surface area contributed by atoms with Crippen LogP contribution in [0.3, 0.4) is 0 Å². The molecule has 2 N–H and O–H groups in total. The van der Waals surface area contributed by atoms with Crippen molar-refractivity contribution < 1.29 is 19.5 Å². The van der Waals surface area contributed by atoms with Gasteiger partial charge < -0.3 is 10.4 Å². The number of hydrogen-bond donors (Lipinski definition) is 2. The summed E-state index contributed by atoms with van der Waals surface area (Å²) >= 11 is 0. The summed E-state index contributed by atoms with van der Waals surface area (Å²) in [6.07, 6.45) is 11.3. The largest absolute Gasteiger partial charge is 0.481 e. The molecule has 0 heterocycles. The Morgan fingerprint density at radius 1 is 0.949 bits per heavy atom. The van der Waals surface area contributed by atoms with Crippen LogP contribution in [-0.4, -0.2) is 29.3 Å². The first-order valence-corrected chi connectivity index (χ1v) is 15.8. The van der Waals surface area contributed by atoms with Crippen LogP contribution in [0, 0.1) is 56.2 Å². The number of fused-ring (bicyclic) bond motifs is 7. The number of carboxylic acid groups (broad SMARTS) is 1. The van der Waals surface area contributed by atoms with Crippen molar-refractivity contribution >= 4 is 17.7 Å². The summed E-state index contributed by atoms with van der Waals surface area (Å²) in [5.74, 6) is -0.444. The molecule has 1 amide bonds. The molecule has 39 heavy (non-hydrogen) atoms. The summed E-state index contributed by atoms with van der Waals surface area (Å²) in [7, 11) is 0. The average molecular weight is 540 g/mol. The maximum absolute atomic E-state index is 13.8. The van der Waals surface area contributed by atoms with Crippen LogP contribution in [0.2, 0.25) is 0 Å². The van der Waals surface area contributed by atoms with Gasteiger partial charge in [0.2, 0.25) is 5.91 Å². The van der Waals surface area contributed by atoms with Crippen LogP contribution in [0.25, 0.3) is 0 Å². The molecule has 0 radical (unpaired) electrons. The van der Waals surface area contributed by atoms with Gasteiger partial charge in [0.15, 0.2) is 5.78 Å². The van der Waals surface area contributed by atoms with E-state index in [0.29, 0.717) is 18.9 Å². The topological polar surface area (TPSA) is 83.5 Å². The minimum absolute atomic E-state index is 0.00942. The van der Waals surface area contributed by atoms with E-state index in [2.05, 4.69) is 59.9 Å². The first-order valence-electron chi connectivity index (χ1n) is 15.8. The van der Waals surface area contributed by atoms with E-state index in [1.807, 2.05) is 6.92 Å². The first kappa shape index (κ1) is 28.9. The normalized spacial score (nSPS) is 46.1. The molecule has 0 saturated heterocycles. The van der Waals surface area contributed by atoms with E-state index < -0.39 is 22.7 Å². The molecule has 0 spiro atoms. The molecule has 8 atom stereocenters. The smallest absolute Gasteiger partial charge is 0.310 e. The lowest BCUT2D eigenvalue weighted by Crippen LogP contribution is -2.66. The first-order chi connectivity index (χ1) is 18.0. The van der Waals surface area contributed by atoms with E-state index in [0.717, 1.165) is 57.8 Å². The molecule has 0 aromatic heterocycles. The highest BCUT2D eigenvalue weighted by atomic mass is 16.4. The van der Waals surface area contributed by atoms with Crippen LogP contribution in [0.15, 0.2) is 11.6 Å². The van der Waals surface area contributed by atoms with Crippen LogP contribution < -0.4 is 5.32 Å². The Labute approximate surface area is 236 Å². The van der Waals surface area contributed by atoms with Crippen molar-refractivity contribution in [3.63, 3.8) is 0 Å². The van der Waals surface area contributed by atoms with Crippen molar-refractivity contribution in [2.75, 3.05) is 6.54 Å². The summed E-state index contributed by atoms with van der Waals surface area (Å²) in [5.41, 5.74) is 0.224. The molecular weight excluding hydrogens is 486 g/mol. The summed E-state index contributed by atoms with van der Waals surface area (Å²) in [6, 6.07) is 0. The van der Waals surface area contributed by atoms with Crippen molar-refractivity contribution in [3.8, 4) is 0 Å². The third kappa shape index (κ3) is 3.79. The Morgan fingerprint density at radius 3 is 2.26 bits per heavy atom. The van der Waals surface area contributed by atoms with E-state index in [4.69, 9.17) is 0 Å². The molecule has 5 aliphatic carbocycles. The second-order valence-electron chi connectivity index (χ2n) is 16.3. The Kier molecular flexibility index (Phi) is 6.60. The highest BCUT2D eigenvalue weighted by Gasteiger charge is 2.70. The summed E-state index contributed by atoms with van der Waals surface area (Å²) in [6.45, 7) is 18.8. The standard InChI is InChI=1S/C34H53NO4/c1-9-18-35-27(37)21-19-31(6)24(30(4,5)26(21)36)12-13-33(8)25(31)11-10-22-23-20-29(2,3)14-16-34(23,28(38)39)17-15-32(22,33)7/h10,21,23-25H,9,11-20H2,1-8H3,(H,35,37)(H,38,39)/t21?,23?,24?,25?,31-,32+,33+,34-/m0/s1. The van der Waals surface area contributed by atoms with Gasteiger partial charge >= 0.3 is 5.97 Å². The number of amides is 1. The predicted molar refractivity (Wildman–Crippen MR) is 154 cm³/mol. The fourth-order valence-electron chi connectivity index (χ4n) is 11.2. The lowest BCUT2D eigenvalue weighted by molar-refractivity contribution is -0.195. The number of carboxylic acids is 1. The number of Topliss-reactive ketones (excluding diaryl/α,β-unsaturated/α-hetero) is 1. The predicted octanol–water partition coefficient (Wildman–Crippen LogP) is 7.19. The summed E-state index contributed by atoms with van der Waals surface area (Å²) in [5, 5.41) is 13.6. The van der Waals surface area contributed by atoms with Crippen LogP contribution in [-0.2, 0) is 14.4 Å². The van der Waals surface area contributed by atoms with Gasteiger partial charge in [-0.05, 0) is 104 Å². The highest BCUT2D eigenvalue weighted by Crippen LogP contribution is 2.75. The fourth-order valence-corrected chi connectivity index (χ4v) is 11.2. The van der Waals surface area contributed by atoms with Gasteiger partial charge in [-0.3, -0.25) is 14.4 Å². The van der Waals surface area contributed by atoms with Gasteiger partial charge in [-0.2, -0.15) is 0 Å². The second kappa shape index (κ2) is 8.92. The van der Waals surface area contributed by atoms with Crippen molar-refractivity contribution in [1.29, 1.82) is 0 Å². The molecule has 5 rings (SSSR count). The highest BCUT2D eigenvalue weighted by molar-refractivity contribution is 6.04. The van der Waals surface area contributed by atoms with Gasteiger partial charge in [-0.15, -0.1) is 0 Å². The Hall–Kier alpha value is -1.65. The van der Waals surface area contributed by atoms with Gasteiger partial charge in [0, 0.05) is 12.0 Å². The maximum atomic E-state index is 13.8. The molecule has 4 fully saturated rings. The lowest BCUT2D eigenvalue weighted by Gasteiger charge is -2.70. The number of aliphatic carboxylic acids is 1. The van der Waals surface area contributed by atoms with Gasteiger partial charge in [-0.25, -0.2) is 0 Å². The minimum Gasteiger partial charge on any atom is -0.481 e. The van der Waals surface area contributed by atoms with E-state index in [9.17, 15) is 19.5 Å². The Bertz CT molecular complexity index is 1100. The van der Waals surface area contributed by atoms with E-state index in [1.54, 1.807) is 0 Å². The molecule has 0 aromatic carbocycles. The molecule has 218 valence electrons. The van der Waals surface area contributed by atoms with Gasteiger partial charge in [0.05, 0.1) is 11.3 Å². The quantitative estimate of drug-likeness (QED) is 0.292. The molecule has 4 saturated carbocycles. The zero-order valence-electron chi connectivity index (χ0n) is 25.8. The number of nitrogens with one attached hydrogen (secondary N) is 1. The van der Waals surface area contributed by atoms with E-state index in [-0.39, 0.29) is 45.2 Å². The third-order valence-electron chi connectivity index (χ3n) is 13.7. The fraction of sp³-hybridized carbons (Fsp3) is 0.853. The van der Waals surface area contributed by atoms with Crippen LogP contribution in [0.1, 0.15) is 120 Å².